The molecule has 0 amide bonds. The third kappa shape index (κ3) is 3.19. The van der Waals surface area contributed by atoms with E-state index in [2.05, 4.69) is 0 Å². The molecule has 1 saturated heterocycles. The summed E-state index contributed by atoms with van der Waals surface area (Å²) in [5.74, 6) is 2.26. The van der Waals surface area contributed by atoms with Crippen molar-refractivity contribution in [2.24, 2.45) is 5.73 Å². The first-order valence-corrected chi connectivity index (χ1v) is 8.50. The monoisotopic (exact) mass is 286 g/mol. The average molecular weight is 286 g/mol. The summed E-state index contributed by atoms with van der Waals surface area (Å²) in [6.07, 6.45) is 1.52. The number of hydrogen-bond donors (Lipinski definition) is 1. The summed E-state index contributed by atoms with van der Waals surface area (Å²) in [4.78, 5) is 2.04. The highest BCUT2D eigenvalue weighted by Crippen LogP contribution is 2.27. The van der Waals surface area contributed by atoms with Crippen LogP contribution >= 0.6 is 0 Å². The van der Waals surface area contributed by atoms with E-state index in [-0.39, 0.29) is 23.6 Å². The Balaban J connectivity index is 2.13. The molecule has 2 unspecified atom stereocenters. The maximum atomic E-state index is 11.6. The van der Waals surface area contributed by atoms with Gasteiger partial charge in [0.05, 0.1) is 17.5 Å². The minimum Gasteiger partial charge on any atom is -0.464 e. The van der Waals surface area contributed by atoms with E-state index >= 15 is 0 Å². The van der Waals surface area contributed by atoms with Gasteiger partial charge in [-0.2, -0.15) is 0 Å². The molecule has 2 N–H and O–H groups in total. The molecule has 0 aromatic carbocycles. The van der Waals surface area contributed by atoms with E-state index in [1.165, 1.54) is 0 Å². The summed E-state index contributed by atoms with van der Waals surface area (Å²) >= 11 is 0. The first-order chi connectivity index (χ1) is 8.96. The van der Waals surface area contributed by atoms with Gasteiger partial charge in [-0.05, 0) is 25.6 Å². The molecule has 2 atom stereocenters. The van der Waals surface area contributed by atoms with Crippen molar-refractivity contribution < 1.29 is 12.8 Å². The lowest BCUT2D eigenvalue weighted by Gasteiger charge is -2.30. The van der Waals surface area contributed by atoms with Crippen molar-refractivity contribution in [2.75, 3.05) is 25.1 Å². The standard InChI is InChI=1S/C13H22N2O3S/c1-3-11-4-5-13(18-11)12(8-14)15(2)10-6-7-19(16,17)9-10/h4-5,10,12H,3,6-9,14H2,1-2H3. The van der Waals surface area contributed by atoms with Gasteiger partial charge in [-0.15, -0.1) is 0 Å². The molecule has 0 spiro atoms. The number of nitrogens with zero attached hydrogens (tertiary/aromatic N) is 1. The Hall–Kier alpha value is -0.850. The second-order valence-electron chi connectivity index (χ2n) is 5.13. The van der Waals surface area contributed by atoms with Crippen molar-refractivity contribution in [3.05, 3.63) is 23.7 Å². The van der Waals surface area contributed by atoms with E-state index in [0.29, 0.717) is 13.0 Å². The van der Waals surface area contributed by atoms with E-state index in [4.69, 9.17) is 10.2 Å². The third-order valence-corrected chi connectivity index (χ3v) is 5.61. The van der Waals surface area contributed by atoms with Crippen molar-refractivity contribution in [1.29, 1.82) is 0 Å². The van der Waals surface area contributed by atoms with Crippen LogP contribution in [0.3, 0.4) is 0 Å². The van der Waals surface area contributed by atoms with E-state index in [9.17, 15) is 8.42 Å². The summed E-state index contributed by atoms with van der Waals surface area (Å²) in [5, 5.41) is 0. The predicted octanol–water partition coefficient (Wildman–Crippen LogP) is 0.961. The minimum absolute atomic E-state index is 0.0359. The highest BCUT2D eigenvalue weighted by atomic mass is 32.2. The lowest BCUT2D eigenvalue weighted by molar-refractivity contribution is 0.170. The van der Waals surface area contributed by atoms with Crippen LogP contribution in [0.4, 0.5) is 0 Å². The van der Waals surface area contributed by atoms with Crippen molar-refractivity contribution in [3.8, 4) is 0 Å². The highest BCUT2D eigenvalue weighted by molar-refractivity contribution is 7.91. The molecule has 5 nitrogen and oxygen atoms in total. The van der Waals surface area contributed by atoms with Crippen LogP contribution in [0, 0.1) is 0 Å². The first-order valence-electron chi connectivity index (χ1n) is 6.68. The van der Waals surface area contributed by atoms with Crippen LogP contribution in [0.25, 0.3) is 0 Å². The van der Waals surface area contributed by atoms with E-state index in [0.717, 1.165) is 17.9 Å². The molecule has 1 aromatic heterocycles. The number of nitrogens with two attached hydrogens (primary N) is 1. The Morgan fingerprint density at radius 2 is 2.26 bits per heavy atom. The lowest BCUT2D eigenvalue weighted by Crippen LogP contribution is -2.39. The fourth-order valence-corrected chi connectivity index (χ4v) is 4.38. The zero-order valence-corrected chi connectivity index (χ0v) is 12.3. The topological polar surface area (TPSA) is 76.5 Å². The van der Waals surface area contributed by atoms with Crippen LogP contribution < -0.4 is 5.73 Å². The number of likely N-dealkylation sites (N-methyl/N-ethyl adjacent to an activating group) is 1. The second-order valence-corrected chi connectivity index (χ2v) is 7.36. The Morgan fingerprint density at radius 3 is 2.74 bits per heavy atom. The fraction of sp³-hybridized carbons (Fsp3) is 0.692. The Labute approximate surface area is 114 Å². The van der Waals surface area contributed by atoms with Gasteiger partial charge in [-0.1, -0.05) is 6.92 Å². The van der Waals surface area contributed by atoms with Gasteiger partial charge in [-0.25, -0.2) is 8.42 Å². The first kappa shape index (κ1) is 14.6. The van der Waals surface area contributed by atoms with Gasteiger partial charge in [0.15, 0.2) is 9.84 Å². The lowest BCUT2D eigenvalue weighted by atomic mass is 10.1. The Morgan fingerprint density at radius 1 is 1.53 bits per heavy atom. The summed E-state index contributed by atoms with van der Waals surface area (Å²) in [7, 11) is -0.949. The summed E-state index contributed by atoms with van der Waals surface area (Å²) in [6.45, 7) is 2.46. The van der Waals surface area contributed by atoms with Gasteiger partial charge in [-0.3, -0.25) is 4.90 Å². The largest absolute Gasteiger partial charge is 0.464 e. The van der Waals surface area contributed by atoms with Crippen LogP contribution in [0.1, 0.15) is 30.9 Å². The van der Waals surface area contributed by atoms with E-state index < -0.39 is 9.84 Å². The van der Waals surface area contributed by atoms with Crippen molar-refractivity contribution in [3.63, 3.8) is 0 Å². The fourth-order valence-electron chi connectivity index (χ4n) is 2.60. The maximum absolute atomic E-state index is 11.6. The highest BCUT2D eigenvalue weighted by Gasteiger charge is 2.34. The molecular weight excluding hydrogens is 264 g/mol. The van der Waals surface area contributed by atoms with Gasteiger partial charge in [0.25, 0.3) is 0 Å². The summed E-state index contributed by atoms with van der Waals surface area (Å²) in [6, 6.07) is 3.88. The molecule has 6 heteroatoms. The summed E-state index contributed by atoms with van der Waals surface area (Å²) < 4.78 is 28.9. The number of rotatable bonds is 5. The van der Waals surface area contributed by atoms with E-state index in [1.807, 2.05) is 31.0 Å². The van der Waals surface area contributed by atoms with Gasteiger partial charge in [0.1, 0.15) is 11.5 Å². The Kier molecular flexibility index (Phi) is 4.32. The quantitative estimate of drug-likeness (QED) is 0.872. The molecule has 1 aromatic rings. The molecule has 0 aliphatic carbocycles. The molecule has 0 saturated carbocycles. The van der Waals surface area contributed by atoms with Gasteiger partial charge >= 0.3 is 0 Å². The van der Waals surface area contributed by atoms with Crippen LogP contribution in [-0.4, -0.2) is 44.5 Å². The number of hydrogen-bond acceptors (Lipinski definition) is 5. The average Bonchev–Trinajstić information content (AvgIpc) is 2.96. The van der Waals surface area contributed by atoms with Crippen LogP contribution in [0.5, 0.6) is 0 Å². The molecule has 108 valence electrons. The molecule has 1 aliphatic rings. The number of furan rings is 1. The molecule has 1 fully saturated rings. The zero-order valence-electron chi connectivity index (χ0n) is 11.5. The zero-order chi connectivity index (χ0) is 14.0. The molecule has 1 aliphatic heterocycles. The minimum atomic E-state index is -2.88. The molecular formula is C13H22N2O3S. The normalized spacial score (nSPS) is 23.9. The molecule has 0 bridgehead atoms. The molecule has 19 heavy (non-hydrogen) atoms. The van der Waals surface area contributed by atoms with Crippen molar-refractivity contribution in [2.45, 2.75) is 31.8 Å². The SMILES string of the molecule is CCc1ccc(C(CN)N(C)C2CCS(=O)(=O)C2)o1. The van der Waals surface area contributed by atoms with Gasteiger partial charge < -0.3 is 10.2 Å². The molecule has 2 heterocycles. The van der Waals surface area contributed by atoms with Gasteiger partial charge in [0, 0.05) is 19.0 Å². The van der Waals surface area contributed by atoms with Crippen LogP contribution in [0.2, 0.25) is 0 Å². The Bertz CT molecular complexity index is 524. The third-order valence-electron chi connectivity index (χ3n) is 3.86. The number of aryl methyl sites for hydroxylation is 1. The van der Waals surface area contributed by atoms with Crippen LogP contribution in [-0.2, 0) is 16.3 Å². The maximum Gasteiger partial charge on any atom is 0.151 e. The second kappa shape index (κ2) is 5.64. The van der Waals surface area contributed by atoms with Crippen molar-refractivity contribution in [1.82, 2.24) is 4.90 Å². The summed E-state index contributed by atoms with van der Waals surface area (Å²) in [5.41, 5.74) is 5.84. The smallest absolute Gasteiger partial charge is 0.151 e. The van der Waals surface area contributed by atoms with E-state index in [1.54, 1.807) is 0 Å². The predicted molar refractivity (Wildman–Crippen MR) is 74.7 cm³/mol. The number of sulfone groups is 1. The van der Waals surface area contributed by atoms with Crippen LogP contribution in [0.15, 0.2) is 16.5 Å². The molecule has 2 rings (SSSR count). The van der Waals surface area contributed by atoms with Gasteiger partial charge in [0.2, 0.25) is 0 Å². The van der Waals surface area contributed by atoms with Crippen molar-refractivity contribution >= 4 is 9.84 Å². The molecule has 0 radical (unpaired) electrons.